The van der Waals surface area contributed by atoms with Crippen molar-refractivity contribution in [1.82, 2.24) is 14.7 Å². The lowest BCUT2D eigenvalue weighted by atomic mass is 9.99. The third kappa shape index (κ3) is 2.88. The zero-order valence-corrected chi connectivity index (χ0v) is 13.1. The molecular weight excluding hydrogens is 290 g/mol. The summed E-state index contributed by atoms with van der Waals surface area (Å²) in [4.78, 5) is 15.0. The fourth-order valence-electron chi connectivity index (χ4n) is 3.55. The van der Waals surface area contributed by atoms with Gasteiger partial charge in [0, 0.05) is 24.5 Å². The molecule has 1 atom stereocenters. The number of hydrogen-bond donors (Lipinski definition) is 0. The third-order valence-corrected chi connectivity index (χ3v) is 4.81. The van der Waals surface area contributed by atoms with E-state index in [4.69, 9.17) is 4.74 Å². The Morgan fingerprint density at radius 3 is 3.04 bits per heavy atom. The van der Waals surface area contributed by atoms with E-state index in [0.717, 1.165) is 37.1 Å². The summed E-state index contributed by atoms with van der Waals surface area (Å²) in [6, 6.07) is 8.12. The van der Waals surface area contributed by atoms with Crippen LogP contribution in [0.5, 0.6) is 0 Å². The molecule has 2 aromatic rings. The maximum atomic E-state index is 13.0. The van der Waals surface area contributed by atoms with Crippen LogP contribution in [0.3, 0.4) is 0 Å². The molecule has 0 bridgehead atoms. The average Bonchev–Trinajstić information content (AvgIpc) is 3.25. The van der Waals surface area contributed by atoms with Gasteiger partial charge < -0.3 is 9.64 Å². The van der Waals surface area contributed by atoms with Gasteiger partial charge in [-0.25, -0.2) is 0 Å². The summed E-state index contributed by atoms with van der Waals surface area (Å²) in [5, 5.41) is 4.29. The molecule has 120 valence electrons. The van der Waals surface area contributed by atoms with Crippen LogP contribution < -0.4 is 0 Å². The second-order valence-corrected chi connectivity index (χ2v) is 6.35. The Kier molecular flexibility index (Phi) is 3.87. The maximum absolute atomic E-state index is 13.0. The molecule has 1 amide bonds. The van der Waals surface area contributed by atoms with Gasteiger partial charge in [0.2, 0.25) is 0 Å². The van der Waals surface area contributed by atoms with E-state index in [1.807, 2.05) is 40.0 Å². The van der Waals surface area contributed by atoms with Gasteiger partial charge in [0.25, 0.3) is 5.91 Å². The highest BCUT2D eigenvalue weighted by molar-refractivity contribution is 5.94. The Bertz CT molecular complexity index is 696. The molecule has 5 nitrogen and oxygen atoms in total. The summed E-state index contributed by atoms with van der Waals surface area (Å²) in [5.74, 6) is 0.136. The van der Waals surface area contributed by atoms with Crippen LogP contribution in [0.2, 0.25) is 0 Å². The highest BCUT2D eigenvalue weighted by Crippen LogP contribution is 2.24. The van der Waals surface area contributed by atoms with Crippen LogP contribution in [0.15, 0.2) is 36.7 Å². The molecule has 1 aromatic heterocycles. The van der Waals surface area contributed by atoms with Crippen LogP contribution in [0, 0.1) is 0 Å². The Morgan fingerprint density at radius 2 is 2.17 bits per heavy atom. The molecule has 0 radical (unpaired) electrons. The molecule has 0 saturated carbocycles. The number of carbonyl (C=O) groups excluding carboxylic acids is 1. The molecule has 23 heavy (non-hydrogen) atoms. The van der Waals surface area contributed by atoms with Crippen molar-refractivity contribution in [3.8, 4) is 0 Å². The van der Waals surface area contributed by atoms with Crippen molar-refractivity contribution in [1.29, 1.82) is 0 Å². The van der Waals surface area contributed by atoms with Crippen molar-refractivity contribution < 1.29 is 9.53 Å². The monoisotopic (exact) mass is 311 g/mol. The van der Waals surface area contributed by atoms with Crippen molar-refractivity contribution in [2.75, 3.05) is 6.54 Å². The van der Waals surface area contributed by atoms with Crippen molar-refractivity contribution in [2.45, 2.75) is 45.1 Å². The molecule has 0 unspecified atom stereocenters. The summed E-state index contributed by atoms with van der Waals surface area (Å²) in [5.41, 5.74) is 3.13. The number of likely N-dealkylation sites (tertiary alicyclic amines) is 1. The Morgan fingerprint density at radius 1 is 1.26 bits per heavy atom. The molecule has 4 rings (SSSR count). The predicted molar refractivity (Wildman–Crippen MR) is 85.8 cm³/mol. The lowest BCUT2D eigenvalue weighted by molar-refractivity contribution is 0.0583. The highest BCUT2D eigenvalue weighted by atomic mass is 16.5. The Labute approximate surface area is 135 Å². The quantitative estimate of drug-likeness (QED) is 0.875. The maximum Gasteiger partial charge on any atom is 0.254 e. The largest absolute Gasteiger partial charge is 0.372 e. The number of carbonyl (C=O) groups is 1. The van der Waals surface area contributed by atoms with Crippen molar-refractivity contribution in [3.05, 3.63) is 53.3 Å². The minimum Gasteiger partial charge on any atom is -0.372 e. The molecule has 0 N–H and O–H groups in total. The average molecular weight is 311 g/mol. The van der Waals surface area contributed by atoms with Gasteiger partial charge >= 0.3 is 0 Å². The molecule has 0 aliphatic carbocycles. The van der Waals surface area contributed by atoms with Gasteiger partial charge in [0.15, 0.2) is 0 Å². The standard InChI is InChI=1S/C18H21N3O2/c22-18(14-5-6-15-12-23-13-16(15)10-14)21-9-2-1-4-17(21)11-20-8-3-7-19-20/h3,5-8,10,17H,1-2,4,9,11-13H2/t17-/m1/s1. The van der Waals surface area contributed by atoms with E-state index in [0.29, 0.717) is 13.2 Å². The van der Waals surface area contributed by atoms with Crippen LogP contribution in [0.4, 0.5) is 0 Å². The number of nitrogens with zero attached hydrogens (tertiary/aromatic N) is 3. The first kappa shape index (κ1) is 14.5. The molecule has 2 aliphatic heterocycles. The van der Waals surface area contributed by atoms with Crippen molar-refractivity contribution in [2.24, 2.45) is 0 Å². The summed E-state index contributed by atoms with van der Waals surface area (Å²) in [6.07, 6.45) is 7.04. The van der Waals surface area contributed by atoms with Crippen LogP contribution in [0.1, 0.15) is 40.7 Å². The molecule has 5 heteroatoms. The number of benzene rings is 1. The van der Waals surface area contributed by atoms with Gasteiger partial charge in [-0.1, -0.05) is 6.07 Å². The SMILES string of the molecule is O=C(c1ccc2c(c1)COC2)N1CCCC[C@@H]1Cn1cccn1. The number of ether oxygens (including phenoxy) is 1. The van der Waals surface area contributed by atoms with E-state index in [2.05, 4.69) is 5.10 Å². The summed E-state index contributed by atoms with van der Waals surface area (Å²) in [6.45, 7) is 2.88. The topological polar surface area (TPSA) is 47.4 Å². The molecular formula is C18H21N3O2. The lowest BCUT2D eigenvalue weighted by Crippen LogP contribution is -2.46. The van der Waals surface area contributed by atoms with Crippen LogP contribution in [-0.4, -0.2) is 33.2 Å². The Hall–Kier alpha value is -2.14. The molecule has 3 heterocycles. The van der Waals surface area contributed by atoms with Crippen LogP contribution >= 0.6 is 0 Å². The smallest absolute Gasteiger partial charge is 0.254 e. The summed E-state index contributed by atoms with van der Waals surface area (Å²) >= 11 is 0. The third-order valence-electron chi connectivity index (χ3n) is 4.81. The van der Waals surface area contributed by atoms with Gasteiger partial charge in [-0.2, -0.15) is 5.10 Å². The first-order chi connectivity index (χ1) is 11.3. The van der Waals surface area contributed by atoms with E-state index < -0.39 is 0 Å². The minimum atomic E-state index is 0.136. The molecule has 0 spiro atoms. The molecule has 2 aliphatic rings. The summed E-state index contributed by atoms with van der Waals surface area (Å²) in [7, 11) is 0. The van der Waals surface area contributed by atoms with Crippen LogP contribution in [-0.2, 0) is 24.5 Å². The lowest BCUT2D eigenvalue weighted by Gasteiger charge is -2.36. The molecule has 1 aromatic carbocycles. The van der Waals surface area contributed by atoms with Gasteiger partial charge in [-0.05, 0) is 48.6 Å². The van der Waals surface area contributed by atoms with E-state index in [-0.39, 0.29) is 11.9 Å². The second kappa shape index (κ2) is 6.16. The van der Waals surface area contributed by atoms with E-state index in [9.17, 15) is 4.79 Å². The van der Waals surface area contributed by atoms with Crippen molar-refractivity contribution >= 4 is 5.91 Å². The van der Waals surface area contributed by atoms with E-state index in [1.54, 1.807) is 6.20 Å². The fraction of sp³-hybridized carbons (Fsp3) is 0.444. The molecule has 1 saturated heterocycles. The minimum absolute atomic E-state index is 0.136. The van der Waals surface area contributed by atoms with E-state index >= 15 is 0 Å². The number of rotatable bonds is 3. The number of amides is 1. The predicted octanol–water partition coefficient (Wildman–Crippen LogP) is 2.61. The van der Waals surface area contributed by atoms with Gasteiger partial charge in [-0.3, -0.25) is 9.48 Å². The van der Waals surface area contributed by atoms with Gasteiger partial charge in [0.05, 0.1) is 25.8 Å². The fourth-order valence-corrected chi connectivity index (χ4v) is 3.55. The normalized spacial score (nSPS) is 20.5. The van der Waals surface area contributed by atoms with E-state index in [1.165, 1.54) is 12.0 Å². The number of hydrogen-bond acceptors (Lipinski definition) is 3. The highest BCUT2D eigenvalue weighted by Gasteiger charge is 2.28. The number of aromatic nitrogens is 2. The second-order valence-electron chi connectivity index (χ2n) is 6.35. The van der Waals surface area contributed by atoms with Crippen molar-refractivity contribution in [3.63, 3.8) is 0 Å². The zero-order chi connectivity index (χ0) is 15.6. The number of piperidine rings is 1. The molecule has 1 fully saturated rings. The first-order valence-corrected chi connectivity index (χ1v) is 8.29. The zero-order valence-electron chi connectivity index (χ0n) is 13.1. The Balaban J connectivity index is 1.55. The first-order valence-electron chi connectivity index (χ1n) is 8.29. The van der Waals surface area contributed by atoms with Crippen LogP contribution in [0.25, 0.3) is 0 Å². The number of fused-ring (bicyclic) bond motifs is 1. The van der Waals surface area contributed by atoms with Gasteiger partial charge in [-0.15, -0.1) is 0 Å². The summed E-state index contributed by atoms with van der Waals surface area (Å²) < 4.78 is 7.37. The van der Waals surface area contributed by atoms with Gasteiger partial charge in [0.1, 0.15) is 0 Å².